The van der Waals surface area contributed by atoms with Gasteiger partial charge in [-0.1, -0.05) is 0 Å². The van der Waals surface area contributed by atoms with Crippen molar-refractivity contribution in [3.05, 3.63) is 0 Å². The molecule has 1 heterocycles. The normalized spacial score (nSPS) is 22.0. The number of rotatable bonds is 4. The molecule has 1 fully saturated rings. The van der Waals surface area contributed by atoms with Gasteiger partial charge in [0.1, 0.15) is 0 Å². The number of nitrogens with zero attached hydrogens (tertiary/aromatic N) is 2. The Balaban J connectivity index is 2.29. The number of unbranched alkanes of at least 4 members (excludes halogenated alkanes) is 1. The number of hydrogen-bond acceptors (Lipinski definition) is 4. The molecule has 0 aliphatic carbocycles. The number of nitriles is 1. The van der Waals surface area contributed by atoms with Crippen molar-refractivity contribution in [1.29, 1.82) is 5.26 Å². The molecule has 84 valence electrons. The monoisotopic (exact) mass is 210 g/mol. The van der Waals surface area contributed by atoms with Gasteiger partial charge in [0.2, 0.25) is 0 Å². The highest BCUT2D eigenvalue weighted by Crippen LogP contribution is 2.17. The molecule has 0 aromatic carbocycles. The van der Waals surface area contributed by atoms with Gasteiger partial charge < -0.3 is 9.64 Å². The summed E-state index contributed by atoms with van der Waals surface area (Å²) < 4.78 is 4.75. The zero-order chi connectivity index (χ0) is 11.1. The predicted octanol–water partition coefficient (Wildman–Crippen LogP) is 1.18. The quantitative estimate of drug-likeness (QED) is 0.516. The first kappa shape index (κ1) is 12.0. The molecule has 1 rings (SSSR count). The summed E-state index contributed by atoms with van der Waals surface area (Å²) in [6, 6.07) is 2.13. The van der Waals surface area contributed by atoms with Gasteiger partial charge in [0.15, 0.2) is 0 Å². The van der Waals surface area contributed by atoms with Crippen molar-refractivity contribution in [3.8, 4) is 6.07 Å². The molecule has 0 aromatic rings. The van der Waals surface area contributed by atoms with E-state index in [9.17, 15) is 4.79 Å². The molecule has 0 radical (unpaired) electrons. The highest BCUT2D eigenvalue weighted by atomic mass is 16.5. The van der Waals surface area contributed by atoms with Gasteiger partial charge in [0.05, 0.1) is 19.1 Å². The van der Waals surface area contributed by atoms with Gasteiger partial charge in [-0.25, -0.2) is 0 Å². The third-order valence-corrected chi connectivity index (χ3v) is 2.80. The molecule has 0 unspecified atom stereocenters. The van der Waals surface area contributed by atoms with Crippen molar-refractivity contribution in [2.24, 2.45) is 5.92 Å². The molecule has 0 N–H and O–H groups in total. The first-order chi connectivity index (χ1) is 7.27. The molecule has 0 saturated carbocycles. The van der Waals surface area contributed by atoms with E-state index in [-0.39, 0.29) is 11.9 Å². The summed E-state index contributed by atoms with van der Waals surface area (Å²) in [5, 5.41) is 8.43. The topological polar surface area (TPSA) is 53.3 Å². The van der Waals surface area contributed by atoms with Crippen LogP contribution in [0.1, 0.15) is 25.7 Å². The van der Waals surface area contributed by atoms with Crippen LogP contribution in [-0.4, -0.2) is 37.6 Å². The fourth-order valence-electron chi connectivity index (χ4n) is 2.00. The zero-order valence-electron chi connectivity index (χ0n) is 9.24. The lowest BCUT2D eigenvalue weighted by molar-refractivity contribution is -0.147. The second-order valence-electron chi connectivity index (χ2n) is 3.92. The molecule has 0 spiro atoms. The summed E-state index contributed by atoms with van der Waals surface area (Å²) >= 11 is 0. The Morgan fingerprint density at radius 3 is 3.13 bits per heavy atom. The van der Waals surface area contributed by atoms with E-state index in [1.54, 1.807) is 0 Å². The van der Waals surface area contributed by atoms with Crippen LogP contribution in [0.25, 0.3) is 0 Å². The molecule has 4 heteroatoms. The van der Waals surface area contributed by atoms with Gasteiger partial charge in [0, 0.05) is 13.0 Å². The van der Waals surface area contributed by atoms with Crippen LogP contribution in [0.15, 0.2) is 0 Å². The van der Waals surface area contributed by atoms with Crippen molar-refractivity contribution < 1.29 is 9.53 Å². The van der Waals surface area contributed by atoms with E-state index >= 15 is 0 Å². The summed E-state index contributed by atoms with van der Waals surface area (Å²) in [6.45, 7) is 2.75. The van der Waals surface area contributed by atoms with Crippen LogP contribution >= 0.6 is 0 Å². The van der Waals surface area contributed by atoms with Crippen LogP contribution in [0.5, 0.6) is 0 Å². The standard InChI is InChI=1S/C11H18N2O2/c1-15-11(14)10-5-4-8-13(9-10)7-3-2-6-12/h10H,2-5,7-9H2,1H3/t10-/m0/s1. The fourth-order valence-corrected chi connectivity index (χ4v) is 2.00. The van der Waals surface area contributed by atoms with Crippen molar-refractivity contribution in [3.63, 3.8) is 0 Å². The lowest BCUT2D eigenvalue weighted by atomic mass is 9.98. The van der Waals surface area contributed by atoms with E-state index < -0.39 is 0 Å². The van der Waals surface area contributed by atoms with E-state index in [1.165, 1.54) is 7.11 Å². The van der Waals surface area contributed by atoms with E-state index in [2.05, 4.69) is 11.0 Å². The van der Waals surface area contributed by atoms with Crippen LogP contribution in [-0.2, 0) is 9.53 Å². The number of methoxy groups -OCH3 is 1. The Labute approximate surface area is 90.8 Å². The third-order valence-electron chi connectivity index (χ3n) is 2.80. The van der Waals surface area contributed by atoms with Crippen LogP contribution in [0.2, 0.25) is 0 Å². The lowest BCUT2D eigenvalue weighted by Gasteiger charge is -2.30. The van der Waals surface area contributed by atoms with Crippen LogP contribution < -0.4 is 0 Å². The number of carbonyl (C=O) groups is 1. The molecule has 0 amide bonds. The summed E-state index contributed by atoms with van der Waals surface area (Å²) in [6.07, 6.45) is 3.47. The van der Waals surface area contributed by atoms with Crippen LogP contribution in [0, 0.1) is 17.2 Å². The van der Waals surface area contributed by atoms with E-state index in [4.69, 9.17) is 10.00 Å². The molecular formula is C11H18N2O2. The molecule has 4 nitrogen and oxygen atoms in total. The second kappa shape index (κ2) is 6.41. The Bertz CT molecular complexity index is 247. The number of esters is 1. The number of piperidine rings is 1. The van der Waals surface area contributed by atoms with Crippen molar-refractivity contribution in [1.82, 2.24) is 4.90 Å². The molecule has 0 aromatic heterocycles. The minimum Gasteiger partial charge on any atom is -0.469 e. The van der Waals surface area contributed by atoms with Crippen molar-refractivity contribution in [2.75, 3.05) is 26.7 Å². The predicted molar refractivity (Wildman–Crippen MR) is 56.0 cm³/mol. The van der Waals surface area contributed by atoms with E-state index in [1.807, 2.05) is 0 Å². The average molecular weight is 210 g/mol. The average Bonchev–Trinajstić information content (AvgIpc) is 2.29. The van der Waals surface area contributed by atoms with E-state index in [0.29, 0.717) is 6.42 Å². The largest absolute Gasteiger partial charge is 0.469 e. The fraction of sp³-hybridized carbons (Fsp3) is 0.818. The zero-order valence-corrected chi connectivity index (χ0v) is 9.24. The summed E-state index contributed by atoms with van der Waals surface area (Å²) in [7, 11) is 1.44. The van der Waals surface area contributed by atoms with Crippen LogP contribution in [0.4, 0.5) is 0 Å². The maximum Gasteiger partial charge on any atom is 0.309 e. The maximum atomic E-state index is 11.3. The molecule has 1 saturated heterocycles. The molecule has 1 aliphatic rings. The number of ether oxygens (including phenoxy) is 1. The summed E-state index contributed by atoms with van der Waals surface area (Å²) in [5.41, 5.74) is 0. The van der Waals surface area contributed by atoms with Gasteiger partial charge in [-0.2, -0.15) is 5.26 Å². The minimum atomic E-state index is -0.0972. The number of likely N-dealkylation sites (tertiary alicyclic amines) is 1. The lowest BCUT2D eigenvalue weighted by Crippen LogP contribution is -2.39. The van der Waals surface area contributed by atoms with Gasteiger partial charge >= 0.3 is 5.97 Å². The van der Waals surface area contributed by atoms with E-state index in [0.717, 1.165) is 38.9 Å². The van der Waals surface area contributed by atoms with Crippen molar-refractivity contribution >= 4 is 5.97 Å². The van der Waals surface area contributed by atoms with Gasteiger partial charge in [-0.3, -0.25) is 4.79 Å². The SMILES string of the molecule is COC(=O)[C@H]1CCCN(CCCC#N)C1. The highest BCUT2D eigenvalue weighted by molar-refractivity contribution is 5.72. The summed E-state index contributed by atoms with van der Waals surface area (Å²) in [5.74, 6) is -0.0641. The minimum absolute atomic E-state index is 0.0332. The number of carbonyl (C=O) groups excluding carboxylic acids is 1. The smallest absolute Gasteiger partial charge is 0.309 e. The second-order valence-corrected chi connectivity index (χ2v) is 3.92. The first-order valence-corrected chi connectivity index (χ1v) is 5.45. The highest BCUT2D eigenvalue weighted by Gasteiger charge is 2.25. The summed E-state index contributed by atoms with van der Waals surface area (Å²) in [4.78, 5) is 13.6. The molecule has 1 atom stereocenters. The molecule has 15 heavy (non-hydrogen) atoms. The Morgan fingerprint density at radius 1 is 1.67 bits per heavy atom. The Hall–Kier alpha value is -1.08. The maximum absolute atomic E-state index is 11.3. The van der Waals surface area contributed by atoms with Crippen LogP contribution in [0.3, 0.4) is 0 Å². The van der Waals surface area contributed by atoms with Gasteiger partial charge in [-0.15, -0.1) is 0 Å². The molecule has 1 aliphatic heterocycles. The van der Waals surface area contributed by atoms with Gasteiger partial charge in [-0.05, 0) is 32.4 Å². The van der Waals surface area contributed by atoms with Crippen molar-refractivity contribution in [2.45, 2.75) is 25.7 Å². The molecular weight excluding hydrogens is 192 g/mol. The first-order valence-electron chi connectivity index (χ1n) is 5.45. The molecule has 0 bridgehead atoms. The van der Waals surface area contributed by atoms with Gasteiger partial charge in [0.25, 0.3) is 0 Å². The number of hydrogen-bond donors (Lipinski definition) is 0. The third kappa shape index (κ3) is 3.88. The Morgan fingerprint density at radius 2 is 2.47 bits per heavy atom. The Kier molecular flexibility index (Phi) is 5.13.